The first-order valence-electron chi connectivity index (χ1n) is 14.2. The van der Waals surface area contributed by atoms with Crippen LogP contribution in [0.2, 0.25) is 10.0 Å². The van der Waals surface area contributed by atoms with Crippen molar-refractivity contribution < 1.29 is 9.47 Å². The Balaban J connectivity index is 1.35. The third-order valence-corrected chi connectivity index (χ3v) is 8.75. The number of halogens is 2. The zero-order valence-corrected chi connectivity index (χ0v) is 25.2. The molecule has 6 aromatic rings. The van der Waals surface area contributed by atoms with Gasteiger partial charge in [-0.25, -0.2) is 4.85 Å². The number of benzene rings is 6. The van der Waals surface area contributed by atoms with Crippen molar-refractivity contribution >= 4 is 28.9 Å². The Morgan fingerprint density at radius 1 is 0.578 bits per heavy atom. The number of rotatable bonds is 6. The molecule has 0 heterocycles. The van der Waals surface area contributed by atoms with Crippen molar-refractivity contribution in [3.8, 4) is 40.2 Å². The number of fused-ring (bicyclic) bond motifs is 3. The minimum absolute atomic E-state index is 0.278. The molecule has 0 aliphatic heterocycles. The Hall–Kier alpha value is -5.52. The number of hydrogen-bond acceptors (Lipinski definition) is 3. The van der Waals surface area contributed by atoms with Crippen molar-refractivity contribution in [1.82, 2.24) is 0 Å². The summed E-state index contributed by atoms with van der Waals surface area (Å²) in [6, 6.07) is 45.4. The minimum Gasteiger partial charge on any atom is -0.468 e. The van der Waals surface area contributed by atoms with Gasteiger partial charge < -0.3 is 9.47 Å². The number of hydrogen-bond donors (Lipinski definition) is 0. The van der Waals surface area contributed by atoms with Gasteiger partial charge in [0.2, 0.25) is 5.69 Å². The SMILES string of the molecule is [C-]#[N+]c1c(Cl)cccc1Oc1ccc(C2(c3ccc(Oc4cccc(Cl)c4C#N)cc3)c3ccccc3-c3ccccc32)cc1. The maximum absolute atomic E-state index is 9.61. The highest BCUT2D eigenvalue weighted by atomic mass is 35.5. The number of para-hydroxylation sites is 1. The molecule has 214 valence electrons. The summed E-state index contributed by atoms with van der Waals surface area (Å²) < 4.78 is 12.3. The second kappa shape index (κ2) is 11.5. The Morgan fingerprint density at radius 3 is 1.60 bits per heavy atom. The molecule has 45 heavy (non-hydrogen) atoms. The molecule has 7 rings (SSSR count). The lowest BCUT2D eigenvalue weighted by atomic mass is 9.68. The summed E-state index contributed by atoms with van der Waals surface area (Å²) in [4.78, 5) is 3.56. The lowest BCUT2D eigenvalue weighted by molar-refractivity contribution is 0.480. The standard InChI is InChI=1S/C39H22Cl2N2O2/c1-43-38-35(41)13-7-15-37(38)45-28-22-18-26(19-23-28)39(32-10-4-2-8-29(32)30-9-3-5-11-33(30)39)25-16-20-27(21-17-25)44-36-14-6-12-34(40)31(36)24-42/h2-23H. The molecule has 0 spiro atoms. The van der Waals surface area contributed by atoms with Crippen LogP contribution in [0.15, 0.2) is 133 Å². The van der Waals surface area contributed by atoms with E-state index in [1.807, 2.05) is 24.3 Å². The van der Waals surface area contributed by atoms with Crippen LogP contribution in [0.1, 0.15) is 27.8 Å². The average Bonchev–Trinajstić information content (AvgIpc) is 3.37. The number of nitriles is 1. The Labute approximate surface area is 271 Å². The third kappa shape index (κ3) is 4.69. The van der Waals surface area contributed by atoms with Gasteiger partial charge in [0.1, 0.15) is 34.6 Å². The van der Waals surface area contributed by atoms with Crippen LogP contribution in [0, 0.1) is 17.9 Å². The summed E-state index contributed by atoms with van der Waals surface area (Å²) in [6.45, 7) is 7.54. The highest BCUT2D eigenvalue weighted by Crippen LogP contribution is 2.56. The van der Waals surface area contributed by atoms with Crippen molar-refractivity contribution in [2.75, 3.05) is 0 Å². The van der Waals surface area contributed by atoms with Gasteiger partial charge in [0.05, 0.1) is 22.0 Å². The van der Waals surface area contributed by atoms with Gasteiger partial charge in [-0.3, -0.25) is 0 Å². The smallest absolute Gasteiger partial charge is 0.246 e. The number of nitrogens with zero attached hydrogens (tertiary/aromatic N) is 2. The Morgan fingerprint density at radius 2 is 1.07 bits per heavy atom. The molecule has 0 amide bonds. The zero-order chi connectivity index (χ0) is 31.0. The molecular weight excluding hydrogens is 599 g/mol. The van der Waals surface area contributed by atoms with Crippen LogP contribution in [-0.4, -0.2) is 0 Å². The fourth-order valence-corrected chi connectivity index (χ4v) is 6.62. The van der Waals surface area contributed by atoms with E-state index in [1.165, 1.54) is 22.3 Å². The first-order valence-corrected chi connectivity index (χ1v) is 14.9. The van der Waals surface area contributed by atoms with Gasteiger partial charge in [-0.1, -0.05) is 114 Å². The topological polar surface area (TPSA) is 46.6 Å². The highest BCUT2D eigenvalue weighted by molar-refractivity contribution is 6.33. The molecule has 0 atom stereocenters. The summed E-state index contributed by atoms with van der Waals surface area (Å²) >= 11 is 12.5. The van der Waals surface area contributed by atoms with Crippen LogP contribution in [-0.2, 0) is 5.41 Å². The fourth-order valence-electron chi connectivity index (χ4n) is 6.21. The molecular formula is C39H22Cl2N2O2. The van der Waals surface area contributed by atoms with Crippen LogP contribution >= 0.6 is 23.2 Å². The van der Waals surface area contributed by atoms with Gasteiger partial charge >= 0.3 is 0 Å². The van der Waals surface area contributed by atoms with E-state index in [0.29, 0.717) is 38.6 Å². The van der Waals surface area contributed by atoms with Gasteiger partial charge in [0.15, 0.2) is 0 Å². The van der Waals surface area contributed by atoms with Gasteiger partial charge in [0.25, 0.3) is 0 Å². The zero-order valence-electron chi connectivity index (χ0n) is 23.7. The van der Waals surface area contributed by atoms with Crippen molar-refractivity contribution in [2.45, 2.75) is 5.41 Å². The van der Waals surface area contributed by atoms with Crippen LogP contribution < -0.4 is 9.47 Å². The van der Waals surface area contributed by atoms with E-state index in [-0.39, 0.29) is 5.69 Å². The molecule has 0 aromatic heterocycles. The predicted molar refractivity (Wildman–Crippen MR) is 178 cm³/mol. The first-order chi connectivity index (χ1) is 22.0. The van der Waals surface area contributed by atoms with E-state index < -0.39 is 5.41 Å². The normalized spacial score (nSPS) is 12.4. The van der Waals surface area contributed by atoms with E-state index in [1.54, 1.807) is 36.4 Å². The molecule has 1 aliphatic carbocycles. The summed E-state index contributed by atoms with van der Waals surface area (Å²) in [5.41, 5.74) is 6.73. The molecule has 0 fully saturated rings. The van der Waals surface area contributed by atoms with Gasteiger partial charge in [-0.2, -0.15) is 5.26 Å². The molecule has 0 saturated carbocycles. The van der Waals surface area contributed by atoms with E-state index >= 15 is 0 Å². The summed E-state index contributed by atoms with van der Waals surface area (Å²) in [6.07, 6.45) is 0. The predicted octanol–water partition coefficient (Wildman–Crippen LogP) is 11.4. The first kappa shape index (κ1) is 28.3. The van der Waals surface area contributed by atoms with E-state index in [2.05, 4.69) is 83.7 Å². The van der Waals surface area contributed by atoms with Crippen LogP contribution in [0.3, 0.4) is 0 Å². The molecule has 0 bridgehead atoms. The van der Waals surface area contributed by atoms with Crippen LogP contribution in [0.5, 0.6) is 23.0 Å². The molecule has 0 radical (unpaired) electrons. The average molecular weight is 622 g/mol. The monoisotopic (exact) mass is 620 g/mol. The molecule has 1 aliphatic rings. The molecule has 0 N–H and O–H groups in total. The maximum Gasteiger partial charge on any atom is 0.246 e. The van der Waals surface area contributed by atoms with Crippen LogP contribution in [0.4, 0.5) is 5.69 Å². The van der Waals surface area contributed by atoms with E-state index in [4.69, 9.17) is 39.2 Å². The molecule has 0 saturated heterocycles. The molecule has 0 unspecified atom stereocenters. The second-order valence-electron chi connectivity index (χ2n) is 10.5. The Bertz CT molecular complexity index is 2000. The third-order valence-electron chi connectivity index (χ3n) is 8.13. The minimum atomic E-state index is -0.629. The van der Waals surface area contributed by atoms with Gasteiger partial charge in [-0.05, 0) is 75.8 Å². The van der Waals surface area contributed by atoms with Gasteiger partial charge in [0, 0.05) is 0 Å². The van der Waals surface area contributed by atoms with E-state index in [0.717, 1.165) is 11.1 Å². The second-order valence-corrected chi connectivity index (χ2v) is 11.3. The highest BCUT2D eigenvalue weighted by Gasteiger charge is 2.45. The summed E-state index contributed by atoms with van der Waals surface area (Å²) in [7, 11) is 0. The van der Waals surface area contributed by atoms with Crippen molar-refractivity contribution in [2.24, 2.45) is 0 Å². The van der Waals surface area contributed by atoms with Crippen LogP contribution in [0.25, 0.3) is 16.0 Å². The lowest BCUT2D eigenvalue weighted by Crippen LogP contribution is -2.28. The van der Waals surface area contributed by atoms with E-state index in [9.17, 15) is 5.26 Å². The summed E-state index contributed by atoms with van der Waals surface area (Å²) in [5.74, 6) is 2.00. The maximum atomic E-state index is 9.61. The largest absolute Gasteiger partial charge is 0.468 e. The van der Waals surface area contributed by atoms with Crippen molar-refractivity contribution in [3.05, 3.63) is 183 Å². The molecule has 4 nitrogen and oxygen atoms in total. The summed E-state index contributed by atoms with van der Waals surface area (Å²) in [5, 5.41) is 10.3. The fraction of sp³-hybridized carbons (Fsp3) is 0.0256. The quantitative estimate of drug-likeness (QED) is 0.174. The van der Waals surface area contributed by atoms with Crippen molar-refractivity contribution in [1.29, 1.82) is 5.26 Å². The Kier molecular flexibility index (Phi) is 7.24. The molecule has 6 heteroatoms. The molecule has 6 aromatic carbocycles. The number of ether oxygens (including phenoxy) is 2. The van der Waals surface area contributed by atoms with Gasteiger partial charge in [-0.15, -0.1) is 0 Å². The lowest BCUT2D eigenvalue weighted by Gasteiger charge is -2.34. The van der Waals surface area contributed by atoms with Crippen molar-refractivity contribution in [3.63, 3.8) is 0 Å².